The molecule has 106 valence electrons. The highest BCUT2D eigenvalue weighted by Gasteiger charge is 2.19. The van der Waals surface area contributed by atoms with Crippen LogP contribution >= 0.6 is 0 Å². The van der Waals surface area contributed by atoms with Crippen molar-refractivity contribution in [3.8, 4) is 0 Å². The summed E-state index contributed by atoms with van der Waals surface area (Å²) in [5, 5.41) is 23.8. The molecular weight excluding hydrogens is 246 g/mol. The Hall–Kier alpha value is -1.69. The lowest BCUT2D eigenvalue weighted by atomic mass is 9.96. The van der Waals surface area contributed by atoms with Crippen LogP contribution in [-0.2, 0) is 0 Å². The normalized spacial score (nSPS) is 12.5. The van der Waals surface area contributed by atoms with Crippen LogP contribution in [0.4, 0.5) is 11.5 Å². The predicted molar refractivity (Wildman–Crippen MR) is 74.2 cm³/mol. The standard InChI is InChI=1S/C13H21N3O3/c1-4-10(5-2)12(17)8-14-13-11(16(18)19)7-6-9(3)15-13/h6-7,10,12,17H,4-5,8H2,1-3H3,(H,14,15). The molecule has 0 saturated heterocycles. The number of hydrogen-bond acceptors (Lipinski definition) is 5. The van der Waals surface area contributed by atoms with E-state index in [9.17, 15) is 15.2 Å². The molecule has 0 aliphatic heterocycles. The summed E-state index contributed by atoms with van der Waals surface area (Å²) < 4.78 is 0. The SMILES string of the molecule is CCC(CC)C(O)CNc1nc(C)ccc1[N+](=O)[O-]. The van der Waals surface area contributed by atoms with Gasteiger partial charge in [-0.2, -0.15) is 0 Å². The van der Waals surface area contributed by atoms with E-state index in [2.05, 4.69) is 10.3 Å². The average Bonchev–Trinajstić information content (AvgIpc) is 2.37. The van der Waals surface area contributed by atoms with Gasteiger partial charge in [0.05, 0.1) is 11.0 Å². The zero-order chi connectivity index (χ0) is 14.4. The minimum absolute atomic E-state index is 0.0673. The van der Waals surface area contributed by atoms with Crippen molar-refractivity contribution in [2.45, 2.75) is 39.7 Å². The second-order valence-corrected chi connectivity index (χ2v) is 4.60. The Bertz CT molecular complexity index is 433. The lowest BCUT2D eigenvalue weighted by molar-refractivity contribution is -0.384. The van der Waals surface area contributed by atoms with E-state index < -0.39 is 11.0 Å². The highest BCUT2D eigenvalue weighted by atomic mass is 16.6. The molecule has 19 heavy (non-hydrogen) atoms. The van der Waals surface area contributed by atoms with Crippen molar-refractivity contribution in [3.05, 3.63) is 27.9 Å². The number of pyridine rings is 1. The molecule has 1 unspecified atom stereocenters. The van der Waals surface area contributed by atoms with Crippen molar-refractivity contribution in [2.24, 2.45) is 5.92 Å². The molecular formula is C13H21N3O3. The first-order chi connectivity index (χ1) is 8.99. The lowest BCUT2D eigenvalue weighted by Crippen LogP contribution is -2.28. The summed E-state index contributed by atoms with van der Waals surface area (Å²) in [5.41, 5.74) is 0.632. The number of aliphatic hydroxyl groups excluding tert-OH is 1. The summed E-state index contributed by atoms with van der Waals surface area (Å²) in [6, 6.07) is 3.02. The number of nitrogens with one attached hydrogen (secondary N) is 1. The van der Waals surface area contributed by atoms with Gasteiger partial charge < -0.3 is 10.4 Å². The molecule has 0 amide bonds. The average molecular weight is 267 g/mol. The zero-order valence-corrected chi connectivity index (χ0v) is 11.6. The molecule has 0 aromatic carbocycles. The summed E-state index contributed by atoms with van der Waals surface area (Å²) in [5.74, 6) is 0.409. The number of aliphatic hydroxyl groups is 1. The van der Waals surface area contributed by atoms with Crippen LogP contribution in [0.3, 0.4) is 0 Å². The van der Waals surface area contributed by atoms with Gasteiger partial charge in [0.2, 0.25) is 5.82 Å². The molecule has 0 fully saturated rings. The maximum atomic E-state index is 10.9. The third-order valence-corrected chi connectivity index (χ3v) is 3.28. The maximum Gasteiger partial charge on any atom is 0.311 e. The fourth-order valence-electron chi connectivity index (χ4n) is 2.03. The van der Waals surface area contributed by atoms with E-state index in [1.54, 1.807) is 13.0 Å². The van der Waals surface area contributed by atoms with Gasteiger partial charge in [0.25, 0.3) is 0 Å². The summed E-state index contributed by atoms with van der Waals surface area (Å²) in [7, 11) is 0. The molecule has 2 N–H and O–H groups in total. The van der Waals surface area contributed by atoms with Crippen molar-refractivity contribution in [2.75, 3.05) is 11.9 Å². The van der Waals surface area contributed by atoms with E-state index >= 15 is 0 Å². The van der Waals surface area contributed by atoms with Gasteiger partial charge in [0, 0.05) is 18.3 Å². The highest BCUT2D eigenvalue weighted by molar-refractivity contribution is 5.56. The Morgan fingerprint density at radius 3 is 2.58 bits per heavy atom. The van der Waals surface area contributed by atoms with Crippen molar-refractivity contribution in [1.29, 1.82) is 0 Å². The van der Waals surface area contributed by atoms with Crippen LogP contribution in [0.5, 0.6) is 0 Å². The van der Waals surface area contributed by atoms with E-state index in [4.69, 9.17) is 0 Å². The Balaban J connectivity index is 2.76. The zero-order valence-electron chi connectivity index (χ0n) is 11.6. The van der Waals surface area contributed by atoms with Gasteiger partial charge in [-0.15, -0.1) is 0 Å². The van der Waals surface area contributed by atoms with Gasteiger partial charge in [0.1, 0.15) is 0 Å². The third kappa shape index (κ3) is 4.17. The molecule has 0 aliphatic rings. The number of aryl methyl sites for hydroxylation is 1. The third-order valence-electron chi connectivity index (χ3n) is 3.28. The molecule has 1 aromatic heterocycles. The Labute approximate surface area is 113 Å². The first-order valence-electron chi connectivity index (χ1n) is 6.53. The van der Waals surface area contributed by atoms with Gasteiger partial charge in [-0.3, -0.25) is 10.1 Å². The van der Waals surface area contributed by atoms with Crippen molar-refractivity contribution in [3.63, 3.8) is 0 Å². The van der Waals surface area contributed by atoms with Gasteiger partial charge in [-0.1, -0.05) is 26.7 Å². The molecule has 0 aliphatic carbocycles. The Morgan fingerprint density at radius 1 is 1.42 bits per heavy atom. The van der Waals surface area contributed by atoms with Crippen LogP contribution in [0.2, 0.25) is 0 Å². The predicted octanol–water partition coefficient (Wildman–Crippen LogP) is 2.51. The van der Waals surface area contributed by atoms with Crippen molar-refractivity contribution in [1.82, 2.24) is 4.98 Å². The number of aromatic nitrogens is 1. The second-order valence-electron chi connectivity index (χ2n) is 4.60. The molecule has 0 saturated carbocycles. The van der Waals surface area contributed by atoms with Gasteiger partial charge >= 0.3 is 5.69 Å². The fourth-order valence-corrected chi connectivity index (χ4v) is 2.03. The maximum absolute atomic E-state index is 10.9. The molecule has 1 rings (SSSR count). The smallest absolute Gasteiger partial charge is 0.311 e. The summed E-state index contributed by atoms with van der Waals surface area (Å²) >= 11 is 0. The largest absolute Gasteiger partial charge is 0.391 e. The monoisotopic (exact) mass is 267 g/mol. The topological polar surface area (TPSA) is 88.3 Å². The number of nitrogens with zero attached hydrogens (tertiary/aromatic N) is 2. The van der Waals surface area contributed by atoms with E-state index in [-0.39, 0.29) is 24.0 Å². The number of anilines is 1. The second kappa shape index (κ2) is 7.04. The summed E-state index contributed by atoms with van der Waals surface area (Å²) in [6.07, 6.45) is 1.22. The quantitative estimate of drug-likeness (QED) is 0.585. The van der Waals surface area contributed by atoms with E-state index in [0.29, 0.717) is 5.69 Å². The Kier molecular flexibility index (Phi) is 5.69. The molecule has 6 nitrogen and oxygen atoms in total. The number of hydrogen-bond donors (Lipinski definition) is 2. The van der Waals surface area contributed by atoms with Crippen molar-refractivity contribution < 1.29 is 10.0 Å². The molecule has 1 aromatic rings. The molecule has 6 heteroatoms. The Morgan fingerprint density at radius 2 is 2.05 bits per heavy atom. The summed E-state index contributed by atoms with van der Waals surface area (Å²) in [4.78, 5) is 14.5. The van der Waals surface area contributed by atoms with Gasteiger partial charge in [0.15, 0.2) is 0 Å². The molecule has 1 atom stereocenters. The molecule has 0 spiro atoms. The summed E-state index contributed by atoms with van der Waals surface area (Å²) in [6.45, 7) is 6.07. The first kappa shape index (κ1) is 15.4. The lowest BCUT2D eigenvalue weighted by Gasteiger charge is -2.20. The van der Waals surface area contributed by atoms with Gasteiger partial charge in [-0.25, -0.2) is 4.98 Å². The minimum atomic E-state index is -0.531. The van der Waals surface area contributed by atoms with Crippen LogP contribution in [0, 0.1) is 23.0 Å². The van der Waals surface area contributed by atoms with E-state index in [1.165, 1.54) is 6.07 Å². The van der Waals surface area contributed by atoms with Crippen LogP contribution < -0.4 is 5.32 Å². The van der Waals surface area contributed by atoms with E-state index in [0.717, 1.165) is 12.8 Å². The molecule has 0 bridgehead atoms. The van der Waals surface area contributed by atoms with Crippen LogP contribution in [-0.4, -0.2) is 27.7 Å². The van der Waals surface area contributed by atoms with Crippen LogP contribution in [0.1, 0.15) is 32.4 Å². The molecule has 0 radical (unpaired) electrons. The van der Waals surface area contributed by atoms with Crippen LogP contribution in [0.25, 0.3) is 0 Å². The van der Waals surface area contributed by atoms with Crippen molar-refractivity contribution >= 4 is 11.5 Å². The highest BCUT2D eigenvalue weighted by Crippen LogP contribution is 2.22. The number of nitro groups is 1. The van der Waals surface area contributed by atoms with Crippen LogP contribution in [0.15, 0.2) is 12.1 Å². The molecule has 1 heterocycles. The van der Waals surface area contributed by atoms with Gasteiger partial charge in [-0.05, 0) is 18.9 Å². The first-order valence-corrected chi connectivity index (χ1v) is 6.53. The fraction of sp³-hybridized carbons (Fsp3) is 0.615. The minimum Gasteiger partial charge on any atom is -0.391 e. The number of rotatable bonds is 7. The van der Waals surface area contributed by atoms with E-state index in [1.807, 2.05) is 13.8 Å².